The molecule has 3 aromatic carbocycles. The van der Waals surface area contributed by atoms with Gasteiger partial charge in [0.2, 0.25) is 0 Å². The Hall–Kier alpha value is -4.34. The van der Waals surface area contributed by atoms with E-state index in [-0.39, 0.29) is 16.7 Å². The average Bonchev–Trinajstić information content (AvgIpc) is 2.61. The molecular formula is C20H14F2O8. The first kappa shape index (κ1) is 22.0. The number of phenols is 4. The van der Waals surface area contributed by atoms with Gasteiger partial charge in [-0.2, -0.15) is 0 Å². The van der Waals surface area contributed by atoms with E-state index >= 15 is 0 Å². The number of hydrogen-bond donors (Lipinski definition) is 6. The number of aromatic carboxylic acids is 2. The van der Waals surface area contributed by atoms with E-state index in [1.54, 1.807) is 0 Å². The molecule has 0 saturated carbocycles. The van der Waals surface area contributed by atoms with Crippen LogP contribution in [0.5, 0.6) is 23.0 Å². The van der Waals surface area contributed by atoms with Gasteiger partial charge in [-0.25, -0.2) is 18.4 Å². The Bertz CT molecular complexity index is 1100. The number of aromatic hydroxyl groups is 4. The lowest BCUT2D eigenvalue weighted by molar-refractivity contribution is 0.0680. The fourth-order valence-electron chi connectivity index (χ4n) is 2.41. The zero-order valence-electron chi connectivity index (χ0n) is 14.9. The van der Waals surface area contributed by atoms with Crippen LogP contribution in [0.2, 0.25) is 0 Å². The summed E-state index contributed by atoms with van der Waals surface area (Å²) in [5.41, 5.74) is -0.634. The maximum Gasteiger partial charge on any atom is 0.343 e. The van der Waals surface area contributed by atoms with Crippen molar-refractivity contribution >= 4 is 11.9 Å². The van der Waals surface area contributed by atoms with Crippen LogP contribution < -0.4 is 0 Å². The van der Waals surface area contributed by atoms with Gasteiger partial charge < -0.3 is 30.6 Å². The van der Waals surface area contributed by atoms with Crippen LogP contribution in [-0.2, 0) is 0 Å². The van der Waals surface area contributed by atoms with Gasteiger partial charge in [0.25, 0.3) is 0 Å². The van der Waals surface area contributed by atoms with Gasteiger partial charge >= 0.3 is 11.9 Å². The number of benzene rings is 3. The highest BCUT2D eigenvalue weighted by Crippen LogP contribution is 2.31. The highest BCUT2D eigenvalue weighted by Gasteiger charge is 2.16. The van der Waals surface area contributed by atoms with E-state index < -0.39 is 52.1 Å². The van der Waals surface area contributed by atoms with Crippen LogP contribution in [0.25, 0.3) is 11.1 Å². The number of rotatable bonds is 3. The van der Waals surface area contributed by atoms with Crippen LogP contribution in [0.1, 0.15) is 20.7 Å². The second-order valence-corrected chi connectivity index (χ2v) is 5.83. The average molecular weight is 420 g/mol. The molecule has 0 heterocycles. The van der Waals surface area contributed by atoms with E-state index in [1.165, 1.54) is 12.1 Å². The van der Waals surface area contributed by atoms with Crippen molar-refractivity contribution in [2.75, 3.05) is 0 Å². The van der Waals surface area contributed by atoms with E-state index in [2.05, 4.69) is 0 Å². The summed E-state index contributed by atoms with van der Waals surface area (Å²) in [7, 11) is 0. The highest BCUT2D eigenvalue weighted by molar-refractivity contribution is 5.94. The Balaban J connectivity index is 0.000000232. The van der Waals surface area contributed by atoms with Crippen molar-refractivity contribution in [3.8, 4) is 34.1 Å². The van der Waals surface area contributed by atoms with Gasteiger partial charge in [0.05, 0.1) is 0 Å². The predicted molar refractivity (Wildman–Crippen MR) is 98.8 cm³/mol. The van der Waals surface area contributed by atoms with Gasteiger partial charge in [0.15, 0.2) is 0 Å². The normalized spacial score (nSPS) is 10.1. The molecule has 0 aliphatic carbocycles. The second kappa shape index (κ2) is 8.78. The van der Waals surface area contributed by atoms with Crippen molar-refractivity contribution in [1.82, 2.24) is 0 Å². The zero-order chi connectivity index (χ0) is 22.6. The van der Waals surface area contributed by atoms with Gasteiger partial charge in [-0.3, -0.25) is 0 Å². The summed E-state index contributed by atoms with van der Waals surface area (Å²) in [6.07, 6.45) is 0. The molecule has 30 heavy (non-hydrogen) atoms. The Morgan fingerprint density at radius 1 is 0.700 bits per heavy atom. The Labute approximate surface area is 167 Å². The smallest absolute Gasteiger partial charge is 0.343 e. The minimum absolute atomic E-state index is 0.0684. The van der Waals surface area contributed by atoms with E-state index in [0.717, 1.165) is 30.3 Å². The monoisotopic (exact) mass is 420 g/mol. The molecule has 0 aliphatic rings. The van der Waals surface area contributed by atoms with Crippen LogP contribution in [0.15, 0.2) is 48.5 Å². The predicted octanol–water partition coefficient (Wildman–Crippen LogP) is 3.54. The van der Waals surface area contributed by atoms with Crippen LogP contribution in [0.3, 0.4) is 0 Å². The van der Waals surface area contributed by atoms with Gasteiger partial charge in [0.1, 0.15) is 45.8 Å². The molecule has 0 unspecified atom stereocenters. The Kier molecular flexibility index (Phi) is 6.42. The molecular weight excluding hydrogens is 406 g/mol. The van der Waals surface area contributed by atoms with Crippen LogP contribution in [-0.4, -0.2) is 42.6 Å². The largest absolute Gasteiger partial charge is 0.508 e. The topological polar surface area (TPSA) is 156 Å². The molecule has 0 saturated heterocycles. The van der Waals surface area contributed by atoms with Crippen molar-refractivity contribution in [2.24, 2.45) is 0 Å². The summed E-state index contributed by atoms with van der Waals surface area (Å²) < 4.78 is 26.3. The Morgan fingerprint density at radius 2 is 1.30 bits per heavy atom. The first-order chi connectivity index (χ1) is 14.0. The van der Waals surface area contributed by atoms with Gasteiger partial charge in [0, 0.05) is 23.8 Å². The number of hydrogen-bond acceptors (Lipinski definition) is 6. The van der Waals surface area contributed by atoms with Gasteiger partial charge in [-0.1, -0.05) is 6.07 Å². The third-order valence-electron chi connectivity index (χ3n) is 3.76. The van der Waals surface area contributed by atoms with Crippen LogP contribution in [0.4, 0.5) is 8.78 Å². The zero-order valence-corrected chi connectivity index (χ0v) is 14.9. The molecule has 0 atom stereocenters. The number of halogens is 2. The summed E-state index contributed by atoms with van der Waals surface area (Å²) in [4.78, 5) is 21.2. The minimum Gasteiger partial charge on any atom is -0.508 e. The number of carboxylic acids is 2. The second-order valence-electron chi connectivity index (χ2n) is 5.83. The number of carboxylic acid groups (broad SMARTS) is 2. The van der Waals surface area contributed by atoms with E-state index in [0.29, 0.717) is 6.07 Å². The molecule has 0 spiro atoms. The summed E-state index contributed by atoms with van der Waals surface area (Å²) in [5.74, 6) is -6.42. The molecule has 156 valence electrons. The van der Waals surface area contributed by atoms with E-state index in [9.17, 15) is 23.5 Å². The van der Waals surface area contributed by atoms with Gasteiger partial charge in [-0.05, 0) is 29.8 Å². The highest BCUT2D eigenvalue weighted by atomic mass is 19.1. The summed E-state index contributed by atoms with van der Waals surface area (Å²) in [6.45, 7) is 0. The van der Waals surface area contributed by atoms with E-state index in [4.69, 9.17) is 25.5 Å². The quantitative estimate of drug-likeness (QED) is 0.376. The maximum absolute atomic E-state index is 13.5. The molecule has 0 aliphatic heterocycles. The number of phenolic OH excluding ortho intramolecular Hbond substituents is 1. The van der Waals surface area contributed by atoms with Crippen LogP contribution in [0, 0.1) is 11.6 Å². The Morgan fingerprint density at radius 3 is 1.80 bits per heavy atom. The third-order valence-corrected chi connectivity index (χ3v) is 3.76. The van der Waals surface area contributed by atoms with Crippen molar-refractivity contribution in [2.45, 2.75) is 0 Å². The first-order valence-corrected chi connectivity index (χ1v) is 8.01. The van der Waals surface area contributed by atoms with Crippen molar-refractivity contribution in [3.05, 3.63) is 71.3 Å². The molecule has 10 heteroatoms. The standard InChI is InChI=1S/C13H8F2O3.C7H6O5/c14-8-2-3-9(11(15)6-8)7-1-4-12(16)10(5-7)13(17)18;8-3-1-4(9)6(7(11)12)5(10)2-3/h1-6,16H,(H,17,18);1-2,8-10H,(H,11,12). The maximum atomic E-state index is 13.5. The van der Waals surface area contributed by atoms with E-state index in [1.807, 2.05) is 0 Å². The van der Waals surface area contributed by atoms with Crippen molar-refractivity contribution < 1.29 is 49.0 Å². The van der Waals surface area contributed by atoms with Crippen molar-refractivity contribution in [1.29, 1.82) is 0 Å². The molecule has 0 bridgehead atoms. The fraction of sp³-hybridized carbons (Fsp3) is 0. The molecule has 0 aromatic heterocycles. The molecule has 8 nitrogen and oxygen atoms in total. The molecule has 0 radical (unpaired) electrons. The molecule has 3 aromatic rings. The third kappa shape index (κ3) is 4.93. The summed E-state index contributed by atoms with van der Waals surface area (Å²) in [6, 6.07) is 8.32. The minimum atomic E-state index is -1.45. The first-order valence-electron chi connectivity index (χ1n) is 8.01. The van der Waals surface area contributed by atoms with Gasteiger partial charge in [-0.15, -0.1) is 0 Å². The molecule has 6 N–H and O–H groups in total. The van der Waals surface area contributed by atoms with Crippen LogP contribution >= 0.6 is 0 Å². The number of carbonyl (C=O) groups is 2. The summed E-state index contributed by atoms with van der Waals surface area (Å²) in [5, 5.41) is 53.3. The lowest BCUT2D eigenvalue weighted by atomic mass is 10.0. The lowest BCUT2D eigenvalue weighted by Crippen LogP contribution is -1.97. The van der Waals surface area contributed by atoms with Crippen molar-refractivity contribution in [3.63, 3.8) is 0 Å². The fourth-order valence-corrected chi connectivity index (χ4v) is 2.41. The summed E-state index contributed by atoms with van der Waals surface area (Å²) >= 11 is 0. The molecule has 0 fully saturated rings. The lowest BCUT2D eigenvalue weighted by Gasteiger charge is -2.06. The molecule has 0 amide bonds. The SMILES string of the molecule is O=C(O)c1c(O)cc(O)cc1O.O=C(O)c1cc(-c2ccc(F)cc2F)ccc1O. The molecule has 3 rings (SSSR count).